The molecule has 1 atom stereocenters. The molecule has 5 nitrogen and oxygen atoms in total. The van der Waals surface area contributed by atoms with Crippen molar-refractivity contribution in [1.82, 2.24) is 20.0 Å². The molecule has 6 heteroatoms. The normalized spacial score (nSPS) is 14.8. The molecule has 0 saturated heterocycles. The van der Waals surface area contributed by atoms with Crippen LogP contribution in [0.5, 0.6) is 0 Å². The lowest BCUT2D eigenvalue weighted by Gasteiger charge is -2.06. The zero-order valence-electron chi connectivity index (χ0n) is 13.9. The Labute approximate surface area is 145 Å². The van der Waals surface area contributed by atoms with Gasteiger partial charge in [0.1, 0.15) is 0 Å². The minimum Gasteiger partial charge on any atom is -0.424 e. The monoisotopic (exact) mass is 340 g/mol. The first-order chi connectivity index (χ1) is 11.7. The quantitative estimate of drug-likeness (QED) is 0.701. The summed E-state index contributed by atoms with van der Waals surface area (Å²) in [7, 11) is 0. The molecule has 0 fully saturated rings. The lowest BCUT2D eigenvalue weighted by atomic mass is 10.2. The minimum absolute atomic E-state index is 0.171. The fourth-order valence-corrected chi connectivity index (χ4v) is 4.04. The van der Waals surface area contributed by atoms with Crippen LogP contribution < -0.4 is 0 Å². The number of nitrogens with zero attached hydrogens (tertiary/aromatic N) is 4. The third-order valence-electron chi connectivity index (χ3n) is 4.37. The third kappa shape index (κ3) is 2.86. The number of aryl methyl sites for hydroxylation is 1. The van der Waals surface area contributed by atoms with Gasteiger partial charge in [0.25, 0.3) is 0 Å². The molecular formula is C18H20N4OS. The zero-order chi connectivity index (χ0) is 16.5. The fraction of sp³-hybridized carbons (Fsp3) is 0.389. The van der Waals surface area contributed by atoms with Crippen molar-refractivity contribution in [3.05, 3.63) is 59.1 Å². The summed E-state index contributed by atoms with van der Waals surface area (Å²) in [4.78, 5) is 0. The van der Waals surface area contributed by atoms with Crippen molar-refractivity contribution in [2.75, 3.05) is 0 Å². The lowest BCUT2D eigenvalue weighted by molar-refractivity contribution is 0.470. The maximum atomic E-state index is 5.53. The molecule has 4 rings (SSSR count). The number of hydrogen-bond donors (Lipinski definition) is 0. The third-order valence-corrected chi connectivity index (χ3v) is 5.52. The molecule has 0 N–H and O–H groups in total. The number of aromatic nitrogens is 4. The molecule has 1 unspecified atom stereocenters. The van der Waals surface area contributed by atoms with E-state index >= 15 is 0 Å². The average molecular weight is 340 g/mol. The number of hydrogen-bond acceptors (Lipinski definition) is 5. The number of thioether (sulfide) groups is 1. The van der Waals surface area contributed by atoms with Crippen LogP contribution in [0, 0.1) is 6.92 Å². The second kappa shape index (κ2) is 6.43. The zero-order valence-corrected chi connectivity index (χ0v) is 14.7. The maximum absolute atomic E-state index is 5.53. The Bertz CT molecular complexity index is 840. The van der Waals surface area contributed by atoms with Gasteiger partial charge in [0.15, 0.2) is 0 Å². The molecule has 124 valence electrons. The van der Waals surface area contributed by atoms with Crippen molar-refractivity contribution in [1.29, 1.82) is 0 Å². The van der Waals surface area contributed by atoms with E-state index in [1.165, 1.54) is 23.4 Å². The largest absolute Gasteiger partial charge is 0.424 e. The second-order valence-electron chi connectivity index (χ2n) is 6.09. The SMILES string of the molecule is Cc1nnc(C(C)SCc2nn(-c3ccccc3)c3c2CCC3)o1. The summed E-state index contributed by atoms with van der Waals surface area (Å²) >= 11 is 1.80. The van der Waals surface area contributed by atoms with Crippen LogP contribution in [-0.2, 0) is 18.6 Å². The molecule has 2 heterocycles. The minimum atomic E-state index is 0.171. The average Bonchev–Trinajstić information content (AvgIpc) is 3.30. The summed E-state index contributed by atoms with van der Waals surface area (Å²) in [5.74, 6) is 2.17. The predicted molar refractivity (Wildman–Crippen MR) is 94.3 cm³/mol. The van der Waals surface area contributed by atoms with E-state index in [0.717, 1.165) is 24.3 Å². The molecule has 1 aliphatic carbocycles. The highest BCUT2D eigenvalue weighted by atomic mass is 32.2. The summed E-state index contributed by atoms with van der Waals surface area (Å²) in [6.07, 6.45) is 3.46. The van der Waals surface area contributed by atoms with Crippen LogP contribution in [0.3, 0.4) is 0 Å². The number of para-hydroxylation sites is 1. The molecule has 0 spiro atoms. The van der Waals surface area contributed by atoms with Crippen molar-refractivity contribution in [2.45, 2.75) is 44.1 Å². The van der Waals surface area contributed by atoms with Gasteiger partial charge in [0, 0.05) is 18.4 Å². The molecule has 0 aliphatic heterocycles. The second-order valence-corrected chi connectivity index (χ2v) is 7.41. The highest BCUT2D eigenvalue weighted by Gasteiger charge is 2.24. The number of rotatable bonds is 5. The first kappa shape index (κ1) is 15.4. The predicted octanol–water partition coefficient (Wildman–Crippen LogP) is 4.05. The van der Waals surface area contributed by atoms with E-state index in [1.54, 1.807) is 11.8 Å². The van der Waals surface area contributed by atoms with Crippen molar-refractivity contribution in [3.63, 3.8) is 0 Å². The van der Waals surface area contributed by atoms with Gasteiger partial charge in [0.05, 0.1) is 16.6 Å². The van der Waals surface area contributed by atoms with Crippen LogP contribution in [0.4, 0.5) is 0 Å². The highest BCUT2D eigenvalue weighted by molar-refractivity contribution is 7.98. The highest BCUT2D eigenvalue weighted by Crippen LogP contribution is 2.34. The molecule has 0 amide bonds. The summed E-state index contributed by atoms with van der Waals surface area (Å²) < 4.78 is 7.66. The molecule has 0 bridgehead atoms. The van der Waals surface area contributed by atoms with E-state index in [2.05, 4.69) is 46.1 Å². The van der Waals surface area contributed by atoms with E-state index < -0.39 is 0 Å². The summed E-state index contributed by atoms with van der Waals surface area (Å²) in [6.45, 7) is 3.92. The van der Waals surface area contributed by atoms with Crippen LogP contribution in [0.1, 0.15) is 47.3 Å². The summed E-state index contributed by atoms with van der Waals surface area (Å²) in [6, 6.07) is 10.4. The summed E-state index contributed by atoms with van der Waals surface area (Å²) in [5.41, 5.74) is 5.14. The van der Waals surface area contributed by atoms with E-state index in [0.29, 0.717) is 11.8 Å². The Kier molecular flexibility index (Phi) is 4.14. The molecular weight excluding hydrogens is 320 g/mol. The van der Waals surface area contributed by atoms with Crippen LogP contribution >= 0.6 is 11.8 Å². The first-order valence-electron chi connectivity index (χ1n) is 8.29. The molecule has 0 radical (unpaired) electrons. The Morgan fingerprint density at radius 1 is 1.21 bits per heavy atom. The van der Waals surface area contributed by atoms with Gasteiger partial charge in [-0.2, -0.15) is 5.10 Å². The number of benzene rings is 1. The van der Waals surface area contributed by atoms with Crippen LogP contribution in [0.15, 0.2) is 34.7 Å². The number of fused-ring (bicyclic) bond motifs is 1. The van der Waals surface area contributed by atoms with E-state index in [4.69, 9.17) is 9.52 Å². The topological polar surface area (TPSA) is 56.7 Å². The van der Waals surface area contributed by atoms with Crippen molar-refractivity contribution in [2.24, 2.45) is 0 Å². The van der Waals surface area contributed by atoms with Gasteiger partial charge in [-0.3, -0.25) is 0 Å². The van der Waals surface area contributed by atoms with Gasteiger partial charge >= 0.3 is 0 Å². The first-order valence-corrected chi connectivity index (χ1v) is 9.34. The van der Waals surface area contributed by atoms with E-state index in [1.807, 2.05) is 13.0 Å². The van der Waals surface area contributed by atoms with E-state index in [-0.39, 0.29) is 5.25 Å². The van der Waals surface area contributed by atoms with Crippen molar-refractivity contribution >= 4 is 11.8 Å². The van der Waals surface area contributed by atoms with Gasteiger partial charge in [-0.25, -0.2) is 4.68 Å². The molecule has 1 aromatic carbocycles. The van der Waals surface area contributed by atoms with E-state index in [9.17, 15) is 0 Å². The van der Waals surface area contributed by atoms with Gasteiger partial charge in [-0.1, -0.05) is 18.2 Å². The molecule has 0 saturated carbocycles. The van der Waals surface area contributed by atoms with Gasteiger partial charge in [-0.15, -0.1) is 22.0 Å². The Balaban J connectivity index is 1.56. The lowest BCUT2D eigenvalue weighted by Crippen LogP contribution is -2.01. The maximum Gasteiger partial charge on any atom is 0.229 e. The van der Waals surface area contributed by atoms with Crippen LogP contribution in [0.2, 0.25) is 0 Å². The van der Waals surface area contributed by atoms with Crippen molar-refractivity contribution < 1.29 is 4.42 Å². The van der Waals surface area contributed by atoms with Gasteiger partial charge < -0.3 is 4.42 Å². The Morgan fingerprint density at radius 3 is 2.79 bits per heavy atom. The molecule has 2 aromatic heterocycles. The molecule has 3 aromatic rings. The van der Waals surface area contributed by atoms with Crippen LogP contribution in [0.25, 0.3) is 5.69 Å². The van der Waals surface area contributed by atoms with Crippen molar-refractivity contribution in [3.8, 4) is 5.69 Å². The van der Waals surface area contributed by atoms with Crippen LogP contribution in [-0.4, -0.2) is 20.0 Å². The molecule has 1 aliphatic rings. The summed E-state index contributed by atoms with van der Waals surface area (Å²) in [5, 5.41) is 13.1. The van der Waals surface area contributed by atoms with Gasteiger partial charge in [-0.05, 0) is 43.9 Å². The fourth-order valence-electron chi connectivity index (χ4n) is 3.16. The smallest absolute Gasteiger partial charge is 0.229 e. The van der Waals surface area contributed by atoms with Gasteiger partial charge in [0.2, 0.25) is 11.8 Å². The standard InChI is InChI=1S/C18H20N4OS/c1-12(18-20-19-13(2)23-18)24-11-16-15-9-6-10-17(15)22(21-16)14-7-4-3-5-8-14/h3-5,7-8,12H,6,9-11H2,1-2H3. The Morgan fingerprint density at radius 2 is 2.04 bits per heavy atom. The Hall–Kier alpha value is -2.08. The molecule has 24 heavy (non-hydrogen) atoms.